The Bertz CT molecular complexity index is 523. The van der Waals surface area contributed by atoms with E-state index in [0.717, 1.165) is 11.6 Å². The lowest BCUT2D eigenvalue weighted by molar-refractivity contribution is 0.696. The van der Waals surface area contributed by atoms with Gasteiger partial charge in [-0.2, -0.15) is 0 Å². The second-order valence-corrected chi connectivity index (χ2v) is 5.13. The molecule has 1 fully saturated rings. The molecule has 1 aliphatic rings. The largest absolute Gasteiger partial charge is 0.404 e. The highest BCUT2D eigenvalue weighted by molar-refractivity contribution is 5.47. The van der Waals surface area contributed by atoms with E-state index in [-0.39, 0.29) is 0 Å². The van der Waals surface area contributed by atoms with Gasteiger partial charge >= 0.3 is 0 Å². The van der Waals surface area contributed by atoms with Gasteiger partial charge in [0.1, 0.15) is 0 Å². The van der Waals surface area contributed by atoms with Gasteiger partial charge in [0.2, 0.25) is 0 Å². The molecule has 1 aromatic rings. The van der Waals surface area contributed by atoms with Crippen molar-refractivity contribution in [3.8, 4) is 0 Å². The monoisotopic (exact) mass is 230 g/mol. The number of hydrogen-bond donors (Lipinski definition) is 1. The summed E-state index contributed by atoms with van der Waals surface area (Å²) in [6.45, 7) is 6.39. The van der Waals surface area contributed by atoms with Gasteiger partial charge in [-0.3, -0.25) is 4.98 Å². The van der Waals surface area contributed by atoms with Crippen LogP contribution in [-0.4, -0.2) is 4.98 Å². The zero-order valence-electron chi connectivity index (χ0n) is 11.1. The Kier molecular flexibility index (Phi) is 3.51. The molecule has 1 aromatic heterocycles. The Labute approximate surface area is 103 Å². The van der Waals surface area contributed by atoms with Crippen LogP contribution in [0.1, 0.15) is 43.9 Å². The molecule has 2 rings (SSSR count). The number of nitrogens with two attached hydrogens (primary N) is 1. The second-order valence-electron chi connectivity index (χ2n) is 5.13. The maximum absolute atomic E-state index is 5.79. The molecular formula is C15H22N2. The van der Waals surface area contributed by atoms with Crippen molar-refractivity contribution in [2.75, 3.05) is 0 Å². The molecule has 2 nitrogen and oxygen atoms in total. The molecule has 0 bridgehead atoms. The first kappa shape index (κ1) is 12.2. The third kappa shape index (κ3) is 2.21. The van der Waals surface area contributed by atoms with Crippen LogP contribution >= 0.6 is 0 Å². The number of aromatic nitrogens is 1. The Morgan fingerprint density at radius 2 is 2.00 bits per heavy atom. The molecule has 17 heavy (non-hydrogen) atoms. The lowest BCUT2D eigenvalue weighted by Gasteiger charge is -2.11. The molecule has 0 amide bonds. The maximum atomic E-state index is 5.79. The normalized spacial score (nSPS) is 19.8. The molecule has 0 unspecified atom stereocenters. The number of nitrogens with zero attached hydrogens (tertiary/aromatic N) is 1. The topological polar surface area (TPSA) is 38.9 Å². The van der Waals surface area contributed by atoms with Crippen LogP contribution in [0.15, 0.2) is 6.20 Å². The Morgan fingerprint density at radius 1 is 1.35 bits per heavy atom. The first-order valence-electron chi connectivity index (χ1n) is 6.50. The van der Waals surface area contributed by atoms with E-state index in [0.29, 0.717) is 0 Å². The fourth-order valence-corrected chi connectivity index (χ4v) is 2.83. The van der Waals surface area contributed by atoms with Crippen molar-refractivity contribution in [1.82, 2.24) is 4.98 Å². The van der Waals surface area contributed by atoms with E-state index < -0.39 is 0 Å². The Hall–Kier alpha value is -1.31. The Morgan fingerprint density at radius 3 is 2.59 bits per heavy atom. The summed E-state index contributed by atoms with van der Waals surface area (Å²) >= 11 is 0. The SMILES string of the molecule is C/C(=c1\cnc(C)c(C)\c1=C\N)C1CCCC1. The molecular weight excluding hydrogens is 208 g/mol. The van der Waals surface area contributed by atoms with Gasteiger partial charge in [0.05, 0.1) is 0 Å². The summed E-state index contributed by atoms with van der Waals surface area (Å²) in [6, 6.07) is 0. The highest BCUT2D eigenvalue weighted by atomic mass is 14.7. The van der Waals surface area contributed by atoms with E-state index in [1.165, 1.54) is 47.3 Å². The van der Waals surface area contributed by atoms with Crippen LogP contribution in [0.5, 0.6) is 0 Å². The lowest BCUT2D eigenvalue weighted by atomic mass is 9.96. The highest BCUT2D eigenvalue weighted by Gasteiger charge is 2.17. The van der Waals surface area contributed by atoms with E-state index in [2.05, 4.69) is 18.8 Å². The molecule has 1 heterocycles. The standard InChI is InChI=1S/C15H22N2/c1-10-12(3)17-9-15(14(10)8-16)11(2)13-6-4-5-7-13/h8-9,13H,4-7,16H2,1-3H3/b14-8-,15-11-. The van der Waals surface area contributed by atoms with E-state index in [9.17, 15) is 0 Å². The van der Waals surface area contributed by atoms with Crippen molar-refractivity contribution < 1.29 is 0 Å². The zero-order chi connectivity index (χ0) is 12.4. The van der Waals surface area contributed by atoms with Gasteiger partial charge in [-0.05, 0) is 45.1 Å². The average Bonchev–Trinajstić information content (AvgIpc) is 2.85. The van der Waals surface area contributed by atoms with Crippen molar-refractivity contribution >= 4 is 11.8 Å². The number of rotatable bonds is 1. The van der Waals surface area contributed by atoms with E-state index in [1.54, 1.807) is 6.20 Å². The van der Waals surface area contributed by atoms with Crippen LogP contribution in [0.3, 0.4) is 0 Å². The first-order chi connectivity index (χ1) is 8.15. The van der Waals surface area contributed by atoms with Crippen LogP contribution in [-0.2, 0) is 0 Å². The van der Waals surface area contributed by atoms with Crippen LogP contribution < -0.4 is 16.2 Å². The van der Waals surface area contributed by atoms with E-state index in [4.69, 9.17) is 5.73 Å². The van der Waals surface area contributed by atoms with Gasteiger partial charge in [0.25, 0.3) is 0 Å². The van der Waals surface area contributed by atoms with Gasteiger partial charge in [0.15, 0.2) is 0 Å². The second kappa shape index (κ2) is 4.91. The summed E-state index contributed by atoms with van der Waals surface area (Å²) in [5.74, 6) is 0.734. The summed E-state index contributed by atoms with van der Waals surface area (Å²) in [5, 5.41) is 2.42. The predicted molar refractivity (Wildman–Crippen MR) is 72.7 cm³/mol. The maximum Gasteiger partial charge on any atom is 0.0408 e. The summed E-state index contributed by atoms with van der Waals surface area (Å²) < 4.78 is 0. The number of aryl methyl sites for hydroxylation is 1. The van der Waals surface area contributed by atoms with E-state index >= 15 is 0 Å². The molecule has 0 aliphatic heterocycles. The molecule has 2 N–H and O–H groups in total. The van der Waals surface area contributed by atoms with Gasteiger partial charge in [-0.25, -0.2) is 0 Å². The molecule has 2 heteroatoms. The van der Waals surface area contributed by atoms with Crippen LogP contribution in [0.25, 0.3) is 11.8 Å². The molecule has 1 saturated carbocycles. The molecule has 0 atom stereocenters. The predicted octanol–water partition coefficient (Wildman–Crippen LogP) is 1.76. The third-order valence-electron chi connectivity index (χ3n) is 4.18. The van der Waals surface area contributed by atoms with Crippen LogP contribution in [0.4, 0.5) is 0 Å². The fourth-order valence-electron chi connectivity index (χ4n) is 2.83. The van der Waals surface area contributed by atoms with Crippen molar-refractivity contribution in [2.45, 2.75) is 46.5 Å². The highest BCUT2D eigenvalue weighted by Crippen LogP contribution is 2.30. The van der Waals surface area contributed by atoms with Gasteiger partial charge < -0.3 is 5.73 Å². The molecule has 92 valence electrons. The molecule has 0 aromatic carbocycles. The zero-order valence-corrected chi connectivity index (χ0v) is 11.1. The van der Waals surface area contributed by atoms with Crippen molar-refractivity contribution in [2.24, 2.45) is 11.7 Å². The summed E-state index contributed by atoms with van der Waals surface area (Å²) in [4.78, 5) is 4.48. The summed E-state index contributed by atoms with van der Waals surface area (Å²) in [5.41, 5.74) is 9.54. The minimum Gasteiger partial charge on any atom is -0.404 e. The van der Waals surface area contributed by atoms with Crippen LogP contribution in [0, 0.1) is 19.8 Å². The van der Waals surface area contributed by atoms with Gasteiger partial charge in [-0.1, -0.05) is 18.4 Å². The molecule has 0 spiro atoms. The van der Waals surface area contributed by atoms with Gasteiger partial charge in [0, 0.05) is 28.5 Å². The van der Waals surface area contributed by atoms with Crippen molar-refractivity contribution in [1.29, 1.82) is 0 Å². The molecule has 0 saturated heterocycles. The first-order valence-corrected chi connectivity index (χ1v) is 6.50. The minimum atomic E-state index is 0.734. The Balaban J connectivity index is 2.66. The van der Waals surface area contributed by atoms with Crippen molar-refractivity contribution in [3.05, 3.63) is 27.9 Å². The molecule has 0 radical (unpaired) electrons. The minimum absolute atomic E-state index is 0.734. The quantitative estimate of drug-likeness (QED) is 0.798. The van der Waals surface area contributed by atoms with Crippen LogP contribution in [0.2, 0.25) is 0 Å². The van der Waals surface area contributed by atoms with Crippen molar-refractivity contribution in [3.63, 3.8) is 0 Å². The smallest absolute Gasteiger partial charge is 0.0408 e. The summed E-state index contributed by atoms with van der Waals surface area (Å²) in [6.07, 6.45) is 9.10. The molecule has 1 aliphatic carbocycles. The third-order valence-corrected chi connectivity index (χ3v) is 4.18. The summed E-state index contributed by atoms with van der Waals surface area (Å²) in [7, 11) is 0. The van der Waals surface area contributed by atoms with Gasteiger partial charge in [-0.15, -0.1) is 0 Å². The van der Waals surface area contributed by atoms with E-state index in [1.807, 2.05) is 13.1 Å². The number of pyridine rings is 1. The fraction of sp³-hybridized carbons (Fsp3) is 0.533. The lowest BCUT2D eigenvalue weighted by Crippen LogP contribution is -2.33. The number of hydrogen-bond acceptors (Lipinski definition) is 2. The average molecular weight is 230 g/mol.